The molecule has 0 atom stereocenters. The largest absolute Gasteiger partial charge is 0.396 e. The zero-order valence-electron chi connectivity index (χ0n) is 13.7. The molecule has 1 aromatic carbocycles. The monoisotopic (exact) mass is 315 g/mol. The molecule has 124 valence electrons. The smallest absolute Gasteiger partial charge is 0.221 e. The van der Waals surface area contributed by atoms with Crippen molar-refractivity contribution < 1.29 is 9.90 Å². The van der Waals surface area contributed by atoms with E-state index in [1.165, 1.54) is 5.56 Å². The number of nitrogens with zero attached hydrogens (tertiary/aromatic N) is 2. The minimum Gasteiger partial charge on any atom is -0.396 e. The van der Waals surface area contributed by atoms with Crippen LogP contribution in [0.15, 0.2) is 24.4 Å². The molecule has 0 bridgehead atoms. The van der Waals surface area contributed by atoms with Crippen molar-refractivity contribution in [2.24, 2.45) is 5.41 Å². The van der Waals surface area contributed by atoms with Gasteiger partial charge < -0.3 is 10.4 Å². The van der Waals surface area contributed by atoms with Gasteiger partial charge in [0.1, 0.15) is 0 Å². The molecule has 3 rings (SSSR count). The predicted molar refractivity (Wildman–Crippen MR) is 90.1 cm³/mol. The lowest BCUT2D eigenvalue weighted by molar-refractivity contribution is -0.122. The van der Waals surface area contributed by atoms with Crippen molar-refractivity contribution in [2.75, 3.05) is 13.2 Å². The Bertz CT molecular complexity index is 687. The van der Waals surface area contributed by atoms with Crippen molar-refractivity contribution in [3.05, 3.63) is 30.0 Å². The van der Waals surface area contributed by atoms with E-state index in [4.69, 9.17) is 0 Å². The Labute approximate surface area is 136 Å². The van der Waals surface area contributed by atoms with Crippen LogP contribution in [-0.2, 0) is 11.3 Å². The minimum absolute atomic E-state index is 0.0282. The van der Waals surface area contributed by atoms with Crippen LogP contribution in [-0.4, -0.2) is 33.9 Å². The Morgan fingerprint density at radius 1 is 1.39 bits per heavy atom. The van der Waals surface area contributed by atoms with Gasteiger partial charge in [0.15, 0.2) is 0 Å². The summed E-state index contributed by atoms with van der Waals surface area (Å²) in [4.78, 5) is 12.1. The molecule has 2 aromatic rings. The first kappa shape index (κ1) is 16.0. The van der Waals surface area contributed by atoms with Crippen LogP contribution in [0, 0.1) is 12.3 Å². The third-order valence-electron chi connectivity index (χ3n) is 5.01. The number of carbonyl (C=O) groups excluding carboxylic acids is 1. The fourth-order valence-electron chi connectivity index (χ4n) is 3.48. The number of aryl methyl sites for hydroxylation is 2. The topological polar surface area (TPSA) is 67.2 Å². The summed E-state index contributed by atoms with van der Waals surface area (Å²) in [6.45, 7) is 3.38. The number of aliphatic hydroxyl groups excluding tert-OH is 1. The molecule has 0 radical (unpaired) electrons. The normalized spacial score (nSPS) is 16.8. The zero-order valence-corrected chi connectivity index (χ0v) is 13.7. The first-order valence-corrected chi connectivity index (χ1v) is 8.42. The van der Waals surface area contributed by atoms with Crippen LogP contribution in [0.3, 0.4) is 0 Å². The molecule has 1 aromatic heterocycles. The van der Waals surface area contributed by atoms with Crippen molar-refractivity contribution in [1.82, 2.24) is 15.1 Å². The quantitative estimate of drug-likeness (QED) is 0.860. The molecule has 1 heterocycles. The number of carbonyl (C=O) groups is 1. The average molecular weight is 315 g/mol. The van der Waals surface area contributed by atoms with Crippen molar-refractivity contribution >= 4 is 16.8 Å². The molecule has 0 unspecified atom stereocenters. The Kier molecular flexibility index (Phi) is 4.66. The van der Waals surface area contributed by atoms with Crippen molar-refractivity contribution in [2.45, 2.75) is 45.6 Å². The summed E-state index contributed by atoms with van der Waals surface area (Å²) in [7, 11) is 0. The molecule has 1 aliphatic rings. The van der Waals surface area contributed by atoms with Gasteiger partial charge >= 0.3 is 0 Å². The van der Waals surface area contributed by atoms with E-state index in [2.05, 4.69) is 35.5 Å². The third-order valence-corrected chi connectivity index (χ3v) is 5.01. The maximum atomic E-state index is 12.1. The second-order valence-electron chi connectivity index (χ2n) is 6.82. The Balaban J connectivity index is 1.54. The van der Waals surface area contributed by atoms with Crippen molar-refractivity contribution in [3.8, 4) is 0 Å². The van der Waals surface area contributed by atoms with Gasteiger partial charge in [-0.15, -0.1) is 0 Å². The van der Waals surface area contributed by atoms with E-state index in [1.54, 1.807) is 0 Å². The molecule has 2 N–H and O–H groups in total. The molecular weight excluding hydrogens is 290 g/mol. The van der Waals surface area contributed by atoms with Crippen molar-refractivity contribution in [3.63, 3.8) is 0 Å². The van der Waals surface area contributed by atoms with E-state index in [9.17, 15) is 9.90 Å². The van der Waals surface area contributed by atoms with Crippen LogP contribution in [0.4, 0.5) is 0 Å². The number of aromatic nitrogens is 2. The highest BCUT2D eigenvalue weighted by Crippen LogP contribution is 2.36. The van der Waals surface area contributed by atoms with Gasteiger partial charge in [0.05, 0.1) is 24.9 Å². The Morgan fingerprint density at radius 3 is 2.91 bits per heavy atom. The number of hydrogen-bond acceptors (Lipinski definition) is 3. The molecule has 5 heteroatoms. The van der Waals surface area contributed by atoms with Crippen LogP contribution < -0.4 is 5.32 Å². The molecule has 0 spiro atoms. The van der Waals surface area contributed by atoms with Gasteiger partial charge in [-0.05, 0) is 31.9 Å². The summed E-state index contributed by atoms with van der Waals surface area (Å²) in [5.74, 6) is 0.0282. The molecule has 1 aliphatic carbocycles. The van der Waals surface area contributed by atoms with Gasteiger partial charge in [0.2, 0.25) is 5.91 Å². The lowest BCUT2D eigenvalue weighted by atomic mass is 9.87. The molecule has 1 amide bonds. The summed E-state index contributed by atoms with van der Waals surface area (Å²) >= 11 is 0. The van der Waals surface area contributed by atoms with Crippen LogP contribution in [0.25, 0.3) is 10.9 Å². The summed E-state index contributed by atoms with van der Waals surface area (Å²) in [6, 6.07) is 6.21. The highest BCUT2D eigenvalue weighted by molar-refractivity contribution is 5.80. The Morgan fingerprint density at radius 2 is 2.17 bits per heavy atom. The number of rotatable bonds is 6. The lowest BCUT2D eigenvalue weighted by Crippen LogP contribution is -2.38. The van der Waals surface area contributed by atoms with Gasteiger partial charge in [-0.1, -0.05) is 24.5 Å². The van der Waals surface area contributed by atoms with E-state index in [1.807, 2.05) is 10.9 Å². The average Bonchev–Trinajstić information content (AvgIpc) is 3.18. The van der Waals surface area contributed by atoms with Gasteiger partial charge in [-0.3, -0.25) is 9.48 Å². The number of hydrogen-bond donors (Lipinski definition) is 2. The number of amides is 1. The molecule has 23 heavy (non-hydrogen) atoms. The van der Waals surface area contributed by atoms with E-state index >= 15 is 0 Å². The molecule has 1 saturated carbocycles. The van der Waals surface area contributed by atoms with Gasteiger partial charge in [-0.25, -0.2) is 0 Å². The second kappa shape index (κ2) is 6.71. The van der Waals surface area contributed by atoms with E-state index < -0.39 is 0 Å². The van der Waals surface area contributed by atoms with Crippen LogP contribution in [0.5, 0.6) is 0 Å². The van der Waals surface area contributed by atoms with Gasteiger partial charge in [-0.2, -0.15) is 5.10 Å². The number of aliphatic hydroxyl groups is 1. The molecule has 5 nitrogen and oxygen atoms in total. The van der Waals surface area contributed by atoms with Crippen LogP contribution in [0.1, 0.15) is 37.7 Å². The first-order chi connectivity index (χ1) is 11.1. The molecular formula is C18H25N3O2. The van der Waals surface area contributed by atoms with E-state index in [0.717, 1.165) is 36.6 Å². The molecule has 0 saturated heterocycles. The third kappa shape index (κ3) is 3.55. The molecule has 0 aliphatic heterocycles. The number of nitrogens with one attached hydrogen (secondary N) is 1. The maximum Gasteiger partial charge on any atom is 0.221 e. The SMILES string of the molecule is Cc1ccc2c(cnn2CCC(=O)NCC2(CO)CCCC2)c1. The molecule has 1 fully saturated rings. The summed E-state index contributed by atoms with van der Waals surface area (Å²) in [5, 5.41) is 18.1. The van der Waals surface area contributed by atoms with E-state index in [0.29, 0.717) is 19.5 Å². The summed E-state index contributed by atoms with van der Waals surface area (Å²) in [5.41, 5.74) is 2.18. The second-order valence-corrected chi connectivity index (χ2v) is 6.82. The van der Waals surface area contributed by atoms with Crippen LogP contribution in [0.2, 0.25) is 0 Å². The van der Waals surface area contributed by atoms with E-state index in [-0.39, 0.29) is 17.9 Å². The minimum atomic E-state index is -0.0917. The summed E-state index contributed by atoms with van der Waals surface area (Å²) < 4.78 is 1.88. The highest BCUT2D eigenvalue weighted by Gasteiger charge is 2.33. The number of fused-ring (bicyclic) bond motifs is 1. The van der Waals surface area contributed by atoms with Crippen molar-refractivity contribution in [1.29, 1.82) is 0 Å². The highest BCUT2D eigenvalue weighted by atomic mass is 16.3. The lowest BCUT2D eigenvalue weighted by Gasteiger charge is -2.26. The zero-order chi connectivity index (χ0) is 16.3. The predicted octanol–water partition coefficient (Wildman–Crippen LogP) is 2.40. The fraction of sp³-hybridized carbons (Fsp3) is 0.556. The number of benzene rings is 1. The van der Waals surface area contributed by atoms with Gasteiger partial charge in [0, 0.05) is 23.8 Å². The van der Waals surface area contributed by atoms with Crippen LogP contribution >= 0.6 is 0 Å². The fourth-order valence-corrected chi connectivity index (χ4v) is 3.48. The Hall–Kier alpha value is -1.88. The van der Waals surface area contributed by atoms with Gasteiger partial charge in [0.25, 0.3) is 0 Å². The summed E-state index contributed by atoms with van der Waals surface area (Å²) in [6.07, 6.45) is 6.57. The standard InChI is InChI=1S/C18H25N3O2/c1-14-4-5-16-15(10-14)11-20-21(16)9-6-17(23)19-12-18(13-22)7-2-3-8-18/h4-5,10-11,22H,2-3,6-9,12-13H2,1H3,(H,19,23). The first-order valence-electron chi connectivity index (χ1n) is 8.42. The maximum absolute atomic E-state index is 12.1.